The molecule has 0 aromatic rings. The van der Waals surface area contributed by atoms with Gasteiger partial charge >= 0.3 is 5.97 Å². The van der Waals surface area contributed by atoms with Crippen molar-refractivity contribution in [1.82, 2.24) is 0 Å². The number of carbonyl (C=O) groups is 1. The Morgan fingerprint density at radius 3 is 2.68 bits per heavy atom. The van der Waals surface area contributed by atoms with Crippen LogP contribution in [0.25, 0.3) is 0 Å². The molecule has 5 heteroatoms. The number of hydrogen-bond acceptors (Lipinski definition) is 5. The van der Waals surface area contributed by atoms with Gasteiger partial charge in [-0.15, -0.1) is 0 Å². The average molecular weight is 273 g/mol. The van der Waals surface area contributed by atoms with E-state index in [1.807, 2.05) is 0 Å². The van der Waals surface area contributed by atoms with Crippen molar-refractivity contribution in [3.8, 4) is 0 Å². The molecule has 0 aromatic heterocycles. The van der Waals surface area contributed by atoms with Gasteiger partial charge in [-0.05, 0) is 44.9 Å². The second-order valence-electron chi connectivity index (χ2n) is 5.25. The molecule has 0 aliphatic heterocycles. The number of hydrogen-bond donors (Lipinski definition) is 2. The van der Waals surface area contributed by atoms with Crippen LogP contribution in [0.4, 0.5) is 0 Å². The van der Waals surface area contributed by atoms with Gasteiger partial charge in [-0.1, -0.05) is 6.92 Å². The van der Waals surface area contributed by atoms with Crippen molar-refractivity contribution in [2.45, 2.75) is 64.2 Å². The third-order valence-electron chi connectivity index (χ3n) is 3.57. The van der Waals surface area contributed by atoms with Crippen LogP contribution in [0.5, 0.6) is 0 Å². The summed E-state index contributed by atoms with van der Waals surface area (Å²) in [5, 5.41) is 9.64. The van der Waals surface area contributed by atoms with Crippen LogP contribution < -0.4 is 5.73 Å². The van der Waals surface area contributed by atoms with Crippen LogP contribution in [0, 0.1) is 5.92 Å². The van der Waals surface area contributed by atoms with Gasteiger partial charge in [0.1, 0.15) is 0 Å². The van der Waals surface area contributed by atoms with Crippen LogP contribution in [0.2, 0.25) is 0 Å². The smallest absolute Gasteiger partial charge is 0.335 e. The zero-order chi connectivity index (χ0) is 14.3. The summed E-state index contributed by atoms with van der Waals surface area (Å²) in [5.41, 5.74) is 5.99. The maximum atomic E-state index is 11.3. The lowest BCUT2D eigenvalue weighted by Crippen LogP contribution is -2.40. The van der Waals surface area contributed by atoms with Gasteiger partial charge in [-0.2, -0.15) is 0 Å². The van der Waals surface area contributed by atoms with Crippen molar-refractivity contribution in [3.63, 3.8) is 0 Å². The van der Waals surface area contributed by atoms with Gasteiger partial charge in [0, 0.05) is 12.6 Å². The van der Waals surface area contributed by atoms with Crippen molar-refractivity contribution in [2.75, 3.05) is 13.2 Å². The molecule has 1 rings (SSSR count). The molecule has 1 aliphatic rings. The highest BCUT2D eigenvalue weighted by Gasteiger charge is 2.33. The number of esters is 1. The molecule has 0 saturated heterocycles. The number of aliphatic hydroxyl groups excluding tert-OH is 1. The molecular formula is C14H27NO4. The van der Waals surface area contributed by atoms with Crippen molar-refractivity contribution in [3.05, 3.63) is 0 Å². The summed E-state index contributed by atoms with van der Waals surface area (Å²) in [4.78, 5) is 11.3. The maximum absolute atomic E-state index is 11.3. The van der Waals surface area contributed by atoms with Gasteiger partial charge in [0.25, 0.3) is 0 Å². The van der Waals surface area contributed by atoms with E-state index in [-0.39, 0.29) is 19.1 Å². The molecule has 1 saturated carbocycles. The lowest BCUT2D eigenvalue weighted by Gasteiger charge is -2.38. The number of rotatable bonds is 9. The first-order chi connectivity index (χ1) is 9.08. The Hall–Kier alpha value is -0.650. The highest BCUT2D eigenvalue weighted by atomic mass is 16.5. The quantitative estimate of drug-likeness (QED) is 0.617. The molecule has 1 fully saturated rings. The highest BCUT2D eigenvalue weighted by Crippen LogP contribution is 2.34. The van der Waals surface area contributed by atoms with E-state index in [2.05, 4.69) is 6.92 Å². The monoisotopic (exact) mass is 273 g/mol. The third kappa shape index (κ3) is 5.47. The molecule has 0 bridgehead atoms. The summed E-state index contributed by atoms with van der Waals surface area (Å²) in [7, 11) is 0. The Morgan fingerprint density at radius 2 is 2.16 bits per heavy atom. The molecule has 112 valence electrons. The van der Waals surface area contributed by atoms with E-state index in [0.29, 0.717) is 12.0 Å². The Morgan fingerprint density at radius 1 is 1.42 bits per heavy atom. The third-order valence-corrected chi connectivity index (χ3v) is 3.57. The van der Waals surface area contributed by atoms with Crippen LogP contribution in [0.1, 0.15) is 46.0 Å². The molecule has 4 unspecified atom stereocenters. The standard InChI is InChI=1S/C14H27NO4/c1-3-7-19-13-6-5-10(13)8-11(15)9-12(16)14(17)18-4-2/h10-13,16H,3-9,15H2,1-2H3. The van der Waals surface area contributed by atoms with Gasteiger partial charge in [0.05, 0.1) is 12.7 Å². The molecule has 19 heavy (non-hydrogen) atoms. The van der Waals surface area contributed by atoms with Gasteiger partial charge in [-0.25, -0.2) is 4.79 Å². The van der Waals surface area contributed by atoms with Crippen LogP contribution >= 0.6 is 0 Å². The van der Waals surface area contributed by atoms with E-state index >= 15 is 0 Å². The van der Waals surface area contributed by atoms with Crippen LogP contribution in [-0.2, 0) is 14.3 Å². The van der Waals surface area contributed by atoms with Crippen molar-refractivity contribution < 1.29 is 19.4 Å². The Bertz CT molecular complexity index is 272. The van der Waals surface area contributed by atoms with Gasteiger partial charge in [0.2, 0.25) is 0 Å². The lowest BCUT2D eigenvalue weighted by atomic mass is 9.77. The Kier molecular flexibility index (Phi) is 7.34. The molecule has 0 amide bonds. The lowest BCUT2D eigenvalue weighted by molar-refractivity contribution is -0.153. The van der Waals surface area contributed by atoms with E-state index in [9.17, 15) is 9.90 Å². The molecule has 4 atom stereocenters. The number of carbonyl (C=O) groups excluding carboxylic acids is 1. The molecule has 0 radical (unpaired) electrons. The zero-order valence-electron chi connectivity index (χ0n) is 12.0. The molecule has 5 nitrogen and oxygen atoms in total. The van der Waals surface area contributed by atoms with E-state index < -0.39 is 12.1 Å². The first-order valence-corrected chi connectivity index (χ1v) is 7.30. The first kappa shape index (κ1) is 16.4. The molecule has 0 heterocycles. The predicted octanol–water partition coefficient (Wildman–Crippen LogP) is 1.22. The van der Waals surface area contributed by atoms with Gasteiger partial charge < -0.3 is 20.3 Å². The second kappa shape index (κ2) is 8.51. The SMILES string of the molecule is CCCOC1CCC1CC(N)CC(O)C(=O)OCC. The van der Waals surface area contributed by atoms with Crippen LogP contribution in [-0.4, -0.2) is 42.5 Å². The zero-order valence-corrected chi connectivity index (χ0v) is 12.0. The van der Waals surface area contributed by atoms with Gasteiger partial charge in [0.15, 0.2) is 6.10 Å². The van der Waals surface area contributed by atoms with Gasteiger partial charge in [-0.3, -0.25) is 0 Å². The molecule has 3 N–H and O–H groups in total. The van der Waals surface area contributed by atoms with E-state index in [1.54, 1.807) is 6.92 Å². The average Bonchev–Trinajstić information content (AvgIpc) is 2.35. The van der Waals surface area contributed by atoms with E-state index in [1.165, 1.54) is 0 Å². The summed E-state index contributed by atoms with van der Waals surface area (Å²) in [6, 6.07) is -0.183. The second-order valence-corrected chi connectivity index (χ2v) is 5.25. The fraction of sp³-hybridized carbons (Fsp3) is 0.929. The van der Waals surface area contributed by atoms with E-state index in [0.717, 1.165) is 32.3 Å². The number of nitrogens with two attached hydrogens (primary N) is 1. The first-order valence-electron chi connectivity index (χ1n) is 7.30. The maximum Gasteiger partial charge on any atom is 0.335 e. The van der Waals surface area contributed by atoms with Crippen LogP contribution in [0.15, 0.2) is 0 Å². The topological polar surface area (TPSA) is 81.8 Å². The predicted molar refractivity (Wildman–Crippen MR) is 72.6 cm³/mol. The summed E-state index contributed by atoms with van der Waals surface area (Å²) in [6.07, 6.45) is 3.50. The minimum absolute atomic E-state index is 0.183. The van der Waals surface area contributed by atoms with Crippen molar-refractivity contribution >= 4 is 5.97 Å². The Balaban J connectivity index is 2.23. The number of ether oxygens (including phenoxy) is 2. The normalized spacial score (nSPS) is 25.5. The molecule has 1 aliphatic carbocycles. The minimum Gasteiger partial charge on any atom is -0.464 e. The highest BCUT2D eigenvalue weighted by molar-refractivity contribution is 5.74. The van der Waals surface area contributed by atoms with Crippen LogP contribution in [0.3, 0.4) is 0 Å². The molecule has 0 aromatic carbocycles. The number of aliphatic hydroxyl groups is 1. The van der Waals surface area contributed by atoms with Crippen molar-refractivity contribution in [1.29, 1.82) is 0 Å². The summed E-state index contributed by atoms with van der Waals surface area (Å²) < 4.78 is 10.5. The molecular weight excluding hydrogens is 246 g/mol. The largest absolute Gasteiger partial charge is 0.464 e. The Labute approximate surface area is 115 Å². The fourth-order valence-electron chi connectivity index (χ4n) is 2.40. The summed E-state index contributed by atoms with van der Waals surface area (Å²) in [6.45, 7) is 4.88. The minimum atomic E-state index is -1.11. The van der Waals surface area contributed by atoms with E-state index in [4.69, 9.17) is 15.2 Å². The van der Waals surface area contributed by atoms with Crippen molar-refractivity contribution in [2.24, 2.45) is 11.7 Å². The summed E-state index contributed by atoms with van der Waals surface area (Å²) >= 11 is 0. The fourth-order valence-corrected chi connectivity index (χ4v) is 2.40. The molecule has 0 spiro atoms. The summed E-state index contributed by atoms with van der Waals surface area (Å²) in [5.74, 6) is -0.110.